The van der Waals surface area contributed by atoms with E-state index >= 15 is 0 Å². The van der Waals surface area contributed by atoms with Gasteiger partial charge >= 0.3 is 0 Å². The van der Waals surface area contributed by atoms with Gasteiger partial charge in [-0.1, -0.05) is 26.0 Å². The zero-order chi connectivity index (χ0) is 16.7. The second-order valence-corrected chi connectivity index (χ2v) is 6.97. The Balaban J connectivity index is 2.10. The molecule has 0 bridgehead atoms. The lowest BCUT2D eigenvalue weighted by atomic mass is 9.98. The monoisotopic (exact) mass is 319 g/mol. The van der Waals surface area contributed by atoms with Crippen molar-refractivity contribution in [3.63, 3.8) is 0 Å². The van der Waals surface area contributed by atoms with Crippen LogP contribution in [0.2, 0.25) is 0 Å². The fraction of sp³-hybridized carbons (Fsp3) is 0.400. The highest BCUT2D eigenvalue weighted by Gasteiger charge is 2.27. The molecule has 0 radical (unpaired) electrons. The van der Waals surface area contributed by atoms with Gasteiger partial charge in [0.05, 0.1) is 13.1 Å². The third-order valence-electron chi connectivity index (χ3n) is 5.07. The minimum absolute atomic E-state index is 0.319. The van der Waals surface area contributed by atoms with E-state index in [9.17, 15) is 5.26 Å². The minimum atomic E-state index is 0.319. The summed E-state index contributed by atoms with van der Waals surface area (Å²) >= 11 is 0. The van der Waals surface area contributed by atoms with Crippen LogP contribution in [0.3, 0.4) is 0 Å². The van der Waals surface area contributed by atoms with Crippen LogP contribution in [0.1, 0.15) is 50.2 Å². The van der Waals surface area contributed by atoms with Crippen LogP contribution in [-0.2, 0) is 0 Å². The highest BCUT2D eigenvalue weighted by atomic mass is 15.2. The topological polar surface area (TPSA) is 46.9 Å². The molecule has 1 saturated heterocycles. The van der Waals surface area contributed by atoms with Crippen LogP contribution in [0.15, 0.2) is 30.3 Å². The van der Waals surface area contributed by atoms with Crippen molar-refractivity contribution >= 4 is 22.5 Å². The van der Waals surface area contributed by atoms with Crippen molar-refractivity contribution < 1.29 is 4.40 Å². The summed E-state index contributed by atoms with van der Waals surface area (Å²) in [6.45, 7) is 6.50. The molecule has 1 aromatic carbocycles. The summed E-state index contributed by atoms with van der Waals surface area (Å²) < 4.78 is 2.24. The molecule has 4 nitrogen and oxygen atoms in total. The number of rotatable bonds is 2. The Morgan fingerprint density at radius 2 is 1.92 bits per heavy atom. The molecule has 0 amide bonds. The molecule has 1 N–H and O–H groups in total. The van der Waals surface area contributed by atoms with Crippen LogP contribution in [-0.4, -0.2) is 18.1 Å². The molecule has 1 aliphatic rings. The van der Waals surface area contributed by atoms with E-state index in [-0.39, 0.29) is 0 Å². The number of hydrogen-bond donors (Lipinski definition) is 1. The van der Waals surface area contributed by atoms with E-state index in [2.05, 4.69) is 58.5 Å². The number of H-pyrrole nitrogens is 1. The number of imidazole rings is 1. The summed E-state index contributed by atoms with van der Waals surface area (Å²) in [6, 6.07) is 13.0. The Labute approximate surface area is 142 Å². The van der Waals surface area contributed by atoms with Crippen molar-refractivity contribution in [2.45, 2.75) is 39.0 Å². The van der Waals surface area contributed by atoms with E-state index in [1.54, 1.807) is 0 Å². The van der Waals surface area contributed by atoms with Gasteiger partial charge in [-0.2, -0.15) is 9.66 Å². The third-order valence-corrected chi connectivity index (χ3v) is 5.07. The number of nitriles is 1. The van der Waals surface area contributed by atoms with Gasteiger partial charge in [0.1, 0.15) is 22.7 Å². The number of aromatic amines is 1. The Hall–Kier alpha value is -2.54. The first-order valence-electron chi connectivity index (χ1n) is 8.85. The third kappa shape index (κ3) is 2.24. The molecular formula is C20H23N4+. The van der Waals surface area contributed by atoms with Gasteiger partial charge < -0.3 is 0 Å². The Kier molecular flexibility index (Phi) is 3.65. The minimum Gasteiger partial charge on any atom is -0.292 e. The van der Waals surface area contributed by atoms with Crippen LogP contribution in [0.25, 0.3) is 16.7 Å². The average molecular weight is 319 g/mol. The van der Waals surface area contributed by atoms with E-state index in [4.69, 9.17) is 0 Å². The number of benzene rings is 1. The van der Waals surface area contributed by atoms with Gasteiger partial charge in [0.2, 0.25) is 11.5 Å². The molecule has 0 aliphatic carbocycles. The highest BCUT2D eigenvalue weighted by molar-refractivity contribution is 5.77. The molecule has 4 rings (SSSR count). The van der Waals surface area contributed by atoms with Gasteiger partial charge in [-0.05, 0) is 42.9 Å². The Morgan fingerprint density at radius 3 is 2.62 bits per heavy atom. The molecule has 3 aromatic rings. The van der Waals surface area contributed by atoms with Crippen molar-refractivity contribution in [2.24, 2.45) is 0 Å². The van der Waals surface area contributed by atoms with Crippen molar-refractivity contribution in [3.05, 3.63) is 41.5 Å². The van der Waals surface area contributed by atoms with Gasteiger partial charge in [-0.15, -0.1) is 0 Å². The molecule has 0 atom stereocenters. The lowest BCUT2D eigenvalue weighted by Gasteiger charge is -2.25. The largest absolute Gasteiger partial charge is 0.292 e. The quantitative estimate of drug-likeness (QED) is 0.728. The molecule has 24 heavy (non-hydrogen) atoms. The second kappa shape index (κ2) is 5.83. The number of para-hydroxylation sites is 2. The molecular weight excluding hydrogens is 296 g/mol. The van der Waals surface area contributed by atoms with Crippen molar-refractivity contribution in [2.75, 3.05) is 18.0 Å². The molecule has 0 spiro atoms. The van der Waals surface area contributed by atoms with E-state index in [1.165, 1.54) is 25.1 Å². The predicted octanol–water partition coefficient (Wildman–Crippen LogP) is 3.89. The summed E-state index contributed by atoms with van der Waals surface area (Å²) in [6.07, 6.45) is 3.79. The molecule has 122 valence electrons. The highest BCUT2D eigenvalue weighted by Crippen LogP contribution is 2.28. The first kappa shape index (κ1) is 15.0. The lowest BCUT2D eigenvalue weighted by Crippen LogP contribution is -2.39. The molecule has 1 fully saturated rings. The molecule has 0 unspecified atom stereocenters. The van der Waals surface area contributed by atoms with Gasteiger partial charge in [0, 0.05) is 6.07 Å². The van der Waals surface area contributed by atoms with Crippen LogP contribution in [0, 0.1) is 11.3 Å². The van der Waals surface area contributed by atoms with Gasteiger partial charge in [-0.3, -0.25) is 9.88 Å². The van der Waals surface area contributed by atoms with E-state index in [1.807, 2.05) is 6.07 Å². The normalized spacial score (nSPS) is 15.3. The lowest BCUT2D eigenvalue weighted by molar-refractivity contribution is -0.467. The molecule has 3 heterocycles. The summed E-state index contributed by atoms with van der Waals surface area (Å²) in [5.74, 6) is 1.53. The predicted molar refractivity (Wildman–Crippen MR) is 96.3 cm³/mol. The van der Waals surface area contributed by atoms with Gasteiger partial charge in [-0.25, -0.2) is 0 Å². The number of hydrogen-bond acceptors (Lipinski definition) is 2. The van der Waals surface area contributed by atoms with Crippen molar-refractivity contribution in [3.8, 4) is 6.07 Å². The van der Waals surface area contributed by atoms with Crippen LogP contribution in [0.5, 0.6) is 0 Å². The maximum atomic E-state index is 9.79. The van der Waals surface area contributed by atoms with E-state index < -0.39 is 0 Å². The summed E-state index contributed by atoms with van der Waals surface area (Å²) in [5.41, 5.74) is 5.03. The second-order valence-electron chi connectivity index (χ2n) is 6.97. The average Bonchev–Trinajstić information content (AvgIpc) is 3.00. The number of nitrogens with one attached hydrogen (secondary N) is 1. The Morgan fingerprint density at radius 1 is 1.17 bits per heavy atom. The zero-order valence-electron chi connectivity index (χ0n) is 14.3. The smallest absolute Gasteiger partial charge is 0.250 e. The number of pyridine rings is 1. The van der Waals surface area contributed by atoms with Gasteiger partial charge in [0.15, 0.2) is 0 Å². The number of piperidine rings is 1. The van der Waals surface area contributed by atoms with Crippen molar-refractivity contribution in [1.29, 1.82) is 5.26 Å². The number of anilines is 1. The van der Waals surface area contributed by atoms with Crippen LogP contribution >= 0.6 is 0 Å². The molecule has 2 aromatic heterocycles. The van der Waals surface area contributed by atoms with Crippen LogP contribution < -0.4 is 9.30 Å². The summed E-state index contributed by atoms with van der Waals surface area (Å²) in [7, 11) is 0. The zero-order valence-corrected chi connectivity index (χ0v) is 14.3. The summed E-state index contributed by atoms with van der Waals surface area (Å²) in [4.78, 5) is 5.96. The summed E-state index contributed by atoms with van der Waals surface area (Å²) in [5, 5.41) is 9.79. The maximum absolute atomic E-state index is 9.79. The van der Waals surface area contributed by atoms with E-state index in [0.717, 1.165) is 40.9 Å². The molecule has 4 heteroatoms. The first-order valence-corrected chi connectivity index (χ1v) is 8.85. The first-order chi connectivity index (χ1) is 11.7. The fourth-order valence-electron chi connectivity index (χ4n) is 3.83. The standard InChI is InChI=1S/C20H22N4/c1-14(2)15-12-19(23-10-6-3-7-11-23)24-18-9-5-4-8-17(18)22-20(24)16(15)13-21/h4-5,8-9,12,14H,3,6-7,10-11H2,1-2H3/p+1. The number of fused-ring (bicyclic) bond motifs is 3. The number of aromatic nitrogens is 2. The molecule has 0 saturated carbocycles. The van der Waals surface area contributed by atoms with Gasteiger partial charge in [0.25, 0.3) is 0 Å². The van der Waals surface area contributed by atoms with E-state index in [0.29, 0.717) is 5.92 Å². The Bertz CT molecular complexity index is 940. The van der Waals surface area contributed by atoms with Crippen molar-refractivity contribution in [1.82, 2.24) is 4.98 Å². The number of nitrogens with zero attached hydrogens (tertiary/aromatic N) is 3. The fourth-order valence-corrected chi connectivity index (χ4v) is 3.83. The molecule has 1 aliphatic heterocycles. The maximum Gasteiger partial charge on any atom is 0.250 e. The van der Waals surface area contributed by atoms with Crippen LogP contribution in [0.4, 0.5) is 5.82 Å². The SMILES string of the molecule is CC(C)c1cc(N2CCCCC2)[n+]2c([nH]c3ccccc32)c1C#N.